The second-order valence-corrected chi connectivity index (χ2v) is 4.61. The highest BCUT2D eigenvalue weighted by Gasteiger charge is 2.06. The molecule has 2 nitrogen and oxygen atoms in total. The second-order valence-electron chi connectivity index (χ2n) is 3.68. The summed E-state index contributed by atoms with van der Waals surface area (Å²) in [6.07, 6.45) is 5.80. The van der Waals surface area contributed by atoms with Gasteiger partial charge in [0, 0.05) is 24.0 Å². The van der Waals surface area contributed by atoms with E-state index in [0.29, 0.717) is 5.92 Å². The lowest BCUT2D eigenvalue weighted by Crippen LogP contribution is -2.21. The molecule has 0 radical (unpaired) electrons. The molecule has 1 atom stereocenters. The van der Waals surface area contributed by atoms with Crippen LogP contribution >= 0.6 is 11.3 Å². The minimum Gasteiger partial charge on any atom is -0.316 e. The molecule has 1 heterocycles. The first-order valence-corrected chi connectivity index (χ1v) is 6.32. The molecule has 0 aliphatic rings. The number of hydrogen-bond donors (Lipinski definition) is 1. The molecule has 0 aliphatic carbocycles. The Morgan fingerprint density at radius 1 is 1.50 bits per heavy atom. The van der Waals surface area contributed by atoms with E-state index in [1.165, 1.54) is 24.3 Å². The third-order valence-electron chi connectivity index (χ3n) is 2.28. The zero-order valence-corrected chi connectivity index (χ0v) is 9.94. The predicted octanol–water partition coefficient (Wildman–Crippen LogP) is 3.03. The zero-order valence-electron chi connectivity index (χ0n) is 9.12. The van der Waals surface area contributed by atoms with Crippen molar-refractivity contribution in [2.45, 2.75) is 39.0 Å². The van der Waals surface area contributed by atoms with Crippen molar-refractivity contribution in [3.63, 3.8) is 0 Å². The van der Waals surface area contributed by atoms with Gasteiger partial charge in [0.25, 0.3) is 0 Å². The number of aromatic nitrogens is 1. The number of rotatable bonds is 7. The lowest BCUT2D eigenvalue weighted by molar-refractivity contribution is 0.577. The van der Waals surface area contributed by atoms with Crippen LogP contribution in [0.4, 0.5) is 0 Å². The van der Waals surface area contributed by atoms with Crippen LogP contribution in [0, 0.1) is 0 Å². The molecule has 0 fully saturated rings. The Hall–Kier alpha value is -0.410. The van der Waals surface area contributed by atoms with Gasteiger partial charge in [-0.15, -0.1) is 11.3 Å². The number of thiazole rings is 1. The third-order valence-corrected chi connectivity index (χ3v) is 3.29. The van der Waals surface area contributed by atoms with Gasteiger partial charge in [0.05, 0.1) is 5.01 Å². The first-order valence-electron chi connectivity index (χ1n) is 5.44. The Bertz CT molecular complexity index is 221. The van der Waals surface area contributed by atoms with E-state index in [4.69, 9.17) is 0 Å². The number of nitrogens with zero attached hydrogens (tertiary/aromatic N) is 1. The molecule has 3 heteroatoms. The van der Waals surface area contributed by atoms with Crippen molar-refractivity contribution >= 4 is 11.3 Å². The molecule has 1 N–H and O–H groups in total. The Balaban J connectivity index is 2.07. The average Bonchev–Trinajstić information content (AvgIpc) is 2.70. The van der Waals surface area contributed by atoms with Crippen molar-refractivity contribution in [2.75, 3.05) is 13.1 Å². The Morgan fingerprint density at radius 2 is 2.36 bits per heavy atom. The van der Waals surface area contributed by atoms with E-state index in [1.54, 1.807) is 11.3 Å². The number of hydrogen-bond acceptors (Lipinski definition) is 3. The Kier molecular flexibility index (Phi) is 5.80. The molecule has 1 aromatic rings. The summed E-state index contributed by atoms with van der Waals surface area (Å²) in [6, 6.07) is 0. The summed E-state index contributed by atoms with van der Waals surface area (Å²) in [4.78, 5) is 4.31. The van der Waals surface area contributed by atoms with Gasteiger partial charge in [0.1, 0.15) is 0 Å². The summed E-state index contributed by atoms with van der Waals surface area (Å²) in [5.74, 6) is 0.552. The number of nitrogens with one attached hydrogen (secondary N) is 1. The predicted molar refractivity (Wildman–Crippen MR) is 62.9 cm³/mol. The van der Waals surface area contributed by atoms with E-state index in [2.05, 4.69) is 24.1 Å². The molecule has 0 amide bonds. The maximum Gasteiger partial charge on any atom is 0.0965 e. The zero-order chi connectivity index (χ0) is 10.2. The van der Waals surface area contributed by atoms with Gasteiger partial charge in [-0.3, -0.25) is 0 Å². The Morgan fingerprint density at radius 3 is 3.00 bits per heavy atom. The van der Waals surface area contributed by atoms with Gasteiger partial charge in [-0.1, -0.05) is 26.7 Å². The largest absolute Gasteiger partial charge is 0.316 e. The fourth-order valence-electron chi connectivity index (χ4n) is 1.38. The van der Waals surface area contributed by atoms with Crippen LogP contribution in [0.25, 0.3) is 0 Å². The highest BCUT2D eigenvalue weighted by atomic mass is 32.1. The molecule has 1 rings (SSSR count). The number of unbranched alkanes of at least 4 members (excludes halogenated alkanes) is 2. The van der Waals surface area contributed by atoms with Crippen LogP contribution < -0.4 is 5.32 Å². The monoisotopic (exact) mass is 212 g/mol. The second kappa shape index (κ2) is 6.96. The lowest BCUT2D eigenvalue weighted by atomic mass is 10.2. The van der Waals surface area contributed by atoms with Crippen LogP contribution in [-0.2, 0) is 0 Å². The first-order chi connectivity index (χ1) is 6.84. The maximum absolute atomic E-state index is 4.31. The minimum absolute atomic E-state index is 0.552. The molecular weight excluding hydrogens is 192 g/mol. The van der Waals surface area contributed by atoms with Crippen LogP contribution in [0.5, 0.6) is 0 Å². The molecule has 0 saturated heterocycles. The van der Waals surface area contributed by atoms with Crippen molar-refractivity contribution in [3.05, 3.63) is 16.6 Å². The fraction of sp³-hybridized carbons (Fsp3) is 0.727. The van der Waals surface area contributed by atoms with Gasteiger partial charge in [0.2, 0.25) is 0 Å². The van der Waals surface area contributed by atoms with Crippen LogP contribution in [0.2, 0.25) is 0 Å². The van der Waals surface area contributed by atoms with Crippen molar-refractivity contribution < 1.29 is 0 Å². The summed E-state index contributed by atoms with van der Waals surface area (Å²) >= 11 is 1.75. The molecule has 0 saturated carbocycles. The minimum atomic E-state index is 0.552. The molecule has 80 valence electrons. The van der Waals surface area contributed by atoms with Gasteiger partial charge < -0.3 is 5.32 Å². The fourth-order valence-corrected chi connectivity index (χ4v) is 2.08. The van der Waals surface area contributed by atoms with Gasteiger partial charge >= 0.3 is 0 Å². The molecule has 0 aliphatic heterocycles. The SMILES string of the molecule is CCCCCNCC(C)c1nccs1. The lowest BCUT2D eigenvalue weighted by Gasteiger charge is -2.09. The molecule has 0 aromatic carbocycles. The molecular formula is C11H20N2S. The van der Waals surface area contributed by atoms with Gasteiger partial charge in [-0.2, -0.15) is 0 Å². The van der Waals surface area contributed by atoms with Crippen LogP contribution in [0.3, 0.4) is 0 Å². The third kappa shape index (κ3) is 4.20. The summed E-state index contributed by atoms with van der Waals surface area (Å²) < 4.78 is 0. The van der Waals surface area contributed by atoms with Crippen molar-refractivity contribution in [1.29, 1.82) is 0 Å². The molecule has 1 unspecified atom stereocenters. The standard InChI is InChI=1S/C11H20N2S/c1-3-4-5-6-12-9-10(2)11-13-7-8-14-11/h7-8,10,12H,3-6,9H2,1-2H3. The normalized spacial score (nSPS) is 13.0. The summed E-state index contributed by atoms with van der Waals surface area (Å²) in [7, 11) is 0. The van der Waals surface area contributed by atoms with Gasteiger partial charge in [0.15, 0.2) is 0 Å². The van der Waals surface area contributed by atoms with E-state index in [9.17, 15) is 0 Å². The summed E-state index contributed by atoms with van der Waals surface area (Å²) in [6.45, 7) is 6.66. The van der Waals surface area contributed by atoms with E-state index >= 15 is 0 Å². The van der Waals surface area contributed by atoms with Crippen LogP contribution in [-0.4, -0.2) is 18.1 Å². The van der Waals surface area contributed by atoms with Crippen LogP contribution in [0.15, 0.2) is 11.6 Å². The van der Waals surface area contributed by atoms with E-state index < -0.39 is 0 Å². The van der Waals surface area contributed by atoms with Crippen LogP contribution in [0.1, 0.15) is 44.0 Å². The van der Waals surface area contributed by atoms with Gasteiger partial charge in [-0.05, 0) is 13.0 Å². The van der Waals surface area contributed by atoms with Gasteiger partial charge in [-0.25, -0.2) is 4.98 Å². The molecule has 0 bridgehead atoms. The summed E-state index contributed by atoms with van der Waals surface area (Å²) in [5.41, 5.74) is 0. The topological polar surface area (TPSA) is 24.9 Å². The highest BCUT2D eigenvalue weighted by molar-refractivity contribution is 7.09. The quantitative estimate of drug-likeness (QED) is 0.703. The van der Waals surface area contributed by atoms with Crippen molar-refractivity contribution in [2.24, 2.45) is 0 Å². The van der Waals surface area contributed by atoms with E-state index in [-0.39, 0.29) is 0 Å². The van der Waals surface area contributed by atoms with E-state index in [1.807, 2.05) is 11.6 Å². The maximum atomic E-state index is 4.31. The average molecular weight is 212 g/mol. The molecule has 14 heavy (non-hydrogen) atoms. The smallest absolute Gasteiger partial charge is 0.0965 e. The highest BCUT2D eigenvalue weighted by Crippen LogP contribution is 2.16. The Labute approximate surface area is 90.8 Å². The first kappa shape index (κ1) is 11.7. The van der Waals surface area contributed by atoms with Crippen molar-refractivity contribution in [1.82, 2.24) is 10.3 Å². The van der Waals surface area contributed by atoms with E-state index in [0.717, 1.165) is 13.1 Å². The summed E-state index contributed by atoms with van der Waals surface area (Å²) in [5, 5.41) is 6.76. The van der Waals surface area contributed by atoms with Crippen molar-refractivity contribution in [3.8, 4) is 0 Å². The molecule has 0 spiro atoms. The molecule has 1 aromatic heterocycles.